The molecule has 11 heteroatoms. The van der Waals surface area contributed by atoms with Crippen molar-refractivity contribution in [2.24, 2.45) is 0 Å². The molecule has 1 aliphatic heterocycles. The minimum atomic E-state index is -3.74. The van der Waals surface area contributed by atoms with Gasteiger partial charge >= 0.3 is 6.01 Å². The smallest absolute Gasteiger partial charge is 0.322 e. The molecule has 0 aliphatic carbocycles. The maximum absolute atomic E-state index is 13.3. The van der Waals surface area contributed by atoms with Gasteiger partial charge in [-0.1, -0.05) is 17.2 Å². The summed E-state index contributed by atoms with van der Waals surface area (Å²) >= 11 is 1.10. The molecule has 146 valence electrons. The summed E-state index contributed by atoms with van der Waals surface area (Å²) in [5, 5.41) is 11.7. The van der Waals surface area contributed by atoms with Gasteiger partial charge < -0.3 is 4.42 Å². The van der Waals surface area contributed by atoms with Crippen LogP contribution in [-0.2, 0) is 14.8 Å². The Bertz CT molecular complexity index is 1100. The summed E-state index contributed by atoms with van der Waals surface area (Å²) in [5.74, 6) is -0.960. The Morgan fingerprint density at radius 3 is 2.89 bits per heavy atom. The van der Waals surface area contributed by atoms with Crippen molar-refractivity contribution in [2.75, 3.05) is 11.9 Å². The molecule has 1 atom stereocenters. The fourth-order valence-corrected chi connectivity index (χ4v) is 5.79. The Balaban J connectivity index is 1.51. The molecule has 3 heterocycles. The number of carbonyl (C=O) groups is 1. The van der Waals surface area contributed by atoms with E-state index in [-0.39, 0.29) is 22.7 Å². The normalized spacial score (nSPS) is 17.7. The van der Waals surface area contributed by atoms with E-state index < -0.39 is 27.8 Å². The lowest BCUT2D eigenvalue weighted by Crippen LogP contribution is -2.42. The number of thiophene rings is 1. The van der Waals surface area contributed by atoms with E-state index in [2.05, 4.69) is 15.5 Å². The van der Waals surface area contributed by atoms with Crippen molar-refractivity contribution in [1.29, 1.82) is 0 Å². The highest BCUT2D eigenvalue weighted by Gasteiger charge is 2.40. The minimum absolute atomic E-state index is 0.0456. The van der Waals surface area contributed by atoms with Gasteiger partial charge in [0.05, 0.1) is 0 Å². The highest BCUT2D eigenvalue weighted by molar-refractivity contribution is 7.91. The molecule has 1 N–H and O–H groups in total. The van der Waals surface area contributed by atoms with Gasteiger partial charge in [-0.3, -0.25) is 10.1 Å². The van der Waals surface area contributed by atoms with E-state index >= 15 is 0 Å². The highest BCUT2D eigenvalue weighted by atomic mass is 32.2. The lowest BCUT2D eigenvalue weighted by atomic mass is 10.2. The molecule has 1 amide bonds. The zero-order valence-electron chi connectivity index (χ0n) is 14.4. The molecule has 0 bridgehead atoms. The van der Waals surface area contributed by atoms with Crippen molar-refractivity contribution in [3.05, 3.63) is 47.6 Å². The number of sulfonamides is 1. The Morgan fingerprint density at radius 1 is 1.29 bits per heavy atom. The molecule has 1 saturated heterocycles. The van der Waals surface area contributed by atoms with Gasteiger partial charge in [0, 0.05) is 12.1 Å². The predicted octanol–water partition coefficient (Wildman–Crippen LogP) is 2.73. The molecule has 1 aromatic carbocycles. The molecule has 0 radical (unpaired) electrons. The number of carbonyl (C=O) groups excluding carboxylic acids is 1. The van der Waals surface area contributed by atoms with Crippen LogP contribution in [0.25, 0.3) is 11.5 Å². The second-order valence-electron chi connectivity index (χ2n) is 6.12. The molecule has 1 unspecified atom stereocenters. The maximum atomic E-state index is 13.3. The van der Waals surface area contributed by atoms with Gasteiger partial charge in [0.15, 0.2) is 0 Å². The third-order valence-corrected chi connectivity index (χ3v) is 7.57. The van der Waals surface area contributed by atoms with Crippen LogP contribution < -0.4 is 5.32 Å². The zero-order valence-corrected chi connectivity index (χ0v) is 16.0. The number of nitrogens with one attached hydrogen (secondary N) is 1. The average Bonchev–Trinajstić information content (AvgIpc) is 3.42. The SMILES string of the molecule is O=C(Nc1nnc(-c2cccc(F)c2)o1)C1CCCN1S(=O)(=O)c1cccs1. The van der Waals surface area contributed by atoms with Crippen molar-refractivity contribution in [2.45, 2.75) is 23.1 Å². The first-order chi connectivity index (χ1) is 13.4. The Labute approximate surface area is 164 Å². The third-order valence-electron chi connectivity index (χ3n) is 4.29. The number of rotatable bonds is 5. The first-order valence-electron chi connectivity index (χ1n) is 8.41. The van der Waals surface area contributed by atoms with Gasteiger partial charge in [0.2, 0.25) is 11.8 Å². The summed E-state index contributed by atoms with van der Waals surface area (Å²) in [6.07, 6.45) is 0.961. The number of amides is 1. The lowest BCUT2D eigenvalue weighted by molar-refractivity contribution is -0.119. The number of aromatic nitrogens is 2. The Morgan fingerprint density at radius 2 is 2.14 bits per heavy atom. The van der Waals surface area contributed by atoms with Crippen LogP contribution in [0.3, 0.4) is 0 Å². The van der Waals surface area contributed by atoms with Crippen LogP contribution in [0.1, 0.15) is 12.8 Å². The molecule has 3 aromatic rings. The number of hydrogen-bond acceptors (Lipinski definition) is 7. The minimum Gasteiger partial charge on any atom is -0.403 e. The molecule has 0 saturated carbocycles. The second kappa shape index (κ2) is 7.41. The summed E-state index contributed by atoms with van der Waals surface area (Å²) in [6, 6.07) is 7.72. The molecule has 0 spiro atoms. The Hall–Kier alpha value is -2.63. The first-order valence-corrected chi connectivity index (χ1v) is 10.7. The van der Waals surface area contributed by atoms with Gasteiger partial charge in [0.1, 0.15) is 16.1 Å². The molecular formula is C17H15FN4O4S2. The van der Waals surface area contributed by atoms with Crippen LogP contribution in [-0.4, -0.2) is 41.4 Å². The number of nitrogens with zero attached hydrogens (tertiary/aromatic N) is 3. The Kier molecular flexibility index (Phi) is 4.96. The van der Waals surface area contributed by atoms with Crippen molar-refractivity contribution in [3.63, 3.8) is 0 Å². The fraction of sp³-hybridized carbons (Fsp3) is 0.235. The van der Waals surface area contributed by atoms with Crippen LogP contribution in [0.4, 0.5) is 10.4 Å². The van der Waals surface area contributed by atoms with E-state index in [0.717, 1.165) is 11.3 Å². The van der Waals surface area contributed by atoms with E-state index in [0.29, 0.717) is 18.4 Å². The summed E-state index contributed by atoms with van der Waals surface area (Å²) in [7, 11) is -3.74. The van der Waals surface area contributed by atoms with E-state index in [1.54, 1.807) is 17.5 Å². The standard InChI is InChI=1S/C17H15FN4O4S2/c18-12-5-1-4-11(10-12)16-20-21-17(26-16)19-15(23)13-6-2-8-22(13)28(24,25)14-7-3-9-27-14/h1,3-5,7,9-10,13H,2,6,8H2,(H,19,21,23). The van der Waals surface area contributed by atoms with Crippen LogP contribution in [0.15, 0.2) is 50.4 Å². The van der Waals surface area contributed by atoms with Gasteiger partial charge in [0.25, 0.3) is 10.0 Å². The first kappa shape index (κ1) is 18.7. The largest absolute Gasteiger partial charge is 0.403 e. The average molecular weight is 422 g/mol. The van der Waals surface area contributed by atoms with Gasteiger partial charge in [-0.05, 0) is 42.5 Å². The van der Waals surface area contributed by atoms with Gasteiger partial charge in [-0.15, -0.1) is 16.4 Å². The van der Waals surface area contributed by atoms with E-state index in [1.165, 1.54) is 28.6 Å². The molecule has 1 fully saturated rings. The van der Waals surface area contributed by atoms with Crippen LogP contribution >= 0.6 is 11.3 Å². The predicted molar refractivity (Wildman–Crippen MR) is 99.6 cm³/mol. The summed E-state index contributed by atoms with van der Waals surface area (Å²) in [6.45, 7) is 0.261. The monoisotopic (exact) mass is 422 g/mol. The lowest BCUT2D eigenvalue weighted by Gasteiger charge is -2.21. The van der Waals surface area contributed by atoms with Crippen molar-refractivity contribution >= 4 is 33.3 Å². The molecule has 2 aromatic heterocycles. The number of halogens is 1. The van der Waals surface area contributed by atoms with Gasteiger partial charge in [-0.2, -0.15) is 4.31 Å². The number of hydrogen-bond donors (Lipinski definition) is 1. The molecule has 1 aliphatic rings. The van der Waals surface area contributed by atoms with Crippen molar-refractivity contribution in [3.8, 4) is 11.5 Å². The molecule has 28 heavy (non-hydrogen) atoms. The third kappa shape index (κ3) is 3.55. The summed E-state index contributed by atoms with van der Waals surface area (Å²) < 4.78 is 45.6. The maximum Gasteiger partial charge on any atom is 0.322 e. The quantitative estimate of drug-likeness (QED) is 0.678. The molecular weight excluding hydrogens is 407 g/mol. The van der Waals surface area contributed by atoms with Crippen LogP contribution in [0.5, 0.6) is 0 Å². The summed E-state index contributed by atoms with van der Waals surface area (Å²) in [5.41, 5.74) is 0.371. The van der Waals surface area contributed by atoms with E-state index in [1.807, 2.05) is 0 Å². The summed E-state index contributed by atoms with van der Waals surface area (Å²) in [4.78, 5) is 12.6. The topological polar surface area (TPSA) is 105 Å². The number of benzene rings is 1. The molecule has 4 rings (SSSR count). The second-order valence-corrected chi connectivity index (χ2v) is 9.18. The van der Waals surface area contributed by atoms with Crippen LogP contribution in [0.2, 0.25) is 0 Å². The van der Waals surface area contributed by atoms with E-state index in [4.69, 9.17) is 4.42 Å². The van der Waals surface area contributed by atoms with Crippen LogP contribution in [0, 0.1) is 5.82 Å². The zero-order chi connectivity index (χ0) is 19.7. The van der Waals surface area contributed by atoms with Crippen molar-refractivity contribution < 1.29 is 22.0 Å². The molecule has 8 nitrogen and oxygen atoms in total. The number of anilines is 1. The fourth-order valence-electron chi connectivity index (χ4n) is 3.02. The highest BCUT2D eigenvalue weighted by Crippen LogP contribution is 2.29. The van der Waals surface area contributed by atoms with Crippen molar-refractivity contribution in [1.82, 2.24) is 14.5 Å². The van der Waals surface area contributed by atoms with Gasteiger partial charge in [-0.25, -0.2) is 12.8 Å². The van der Waals surface area contributed by atoms with E-state index in [9.17, 15) is 17.6 Å².